The van der Waals surface area contributed by atoms with Crippen molar-refractivity contribution in [1.29, 1.82) is 0 Å². The van der Waals surface area contributed by atoms with Crippen LogP contribution in [0.3, 0.4) is 0 Å². The van der Waals surface area contributed by atoms with Crippen molar-refractivity contribution in [3.05, 3.63) is 11.1 Å². The van der Waals surface area contributed by atoms with Crippen LogP contribution in [0.4, 0.5) is 0 Å². The Morgan fingerprint density at radius 1 is 1.36 bits per heavy atom. The van der Waals surface area contributed by atoms with Gasteiger partial charge in [0.25, 0.3) is 0 Å². The Balaban J connectivity index is 1.95. The summed E-state index contributed by atoms with van der Waals surface area (Å²) in [7, 11) is 0. The number of ether oxygens (including phenoxy) is 1. The number of morpholine rings is 1. The van der Waals surface area contributed by atoms with Crippen molar-refractivity contribution in [3.63, 3.8) is 0 Å². The molecular formula is C11H21NOSe. The molecule has 0 atom stereocenters. The zero-order valence-corrected chi connectivity index (χ0v) is 10.8. The van der Waals surface area contributed by atoms with E-state index < -0.39 is 0 Å². The van der Waals surface area contributed by atoms with Gasteiger partial charge in [0.15, 0.2) is 0 Å². The molecule has 0 N–H and O–H groups in total. The second kappa shape index (κ2) is 8.48. The maximum absolute atomic E-state index is 5.30. The second-order valence-electron chi connectivity index (χ2n) is 3.51. The van der Waals surface area contributed by atoms with E-state index in [0.29, 0.717) is 0 Å². The topological polar surface area (TPSA) is 12.5 Å². The zero-order valence-electron chi connectivity index (χ0n) is 9.08. The average Bonchev–Trinajstić information content (AvgIpc) is 2.25. The fraction of sp³-hybridized carbons (Fsp3) is 0.818. The van der Waals surface area contributed by atoms with Crippen molar-refractivity contribution in [2.75, 3.05) is 32.8 Å². The summed E-state index contributed by atoms with van der Waals surface area (Å²) in [5.41, 5.74) is 0. The number of hydrogen-bond acceptors (Lipinski definition) is 2. The first-order chi connectivity index (χ1) is 6.93. The quantitative estimate of drug-likeness (QED) is 0.534. The molecule has 0 saturated carbocycles. The van der Waals surface area contributed by atoms with E-state index >= 15 is 0 Å². The minimum absolute atomic E-state index is 0.738. The Kier molecular flexibility index (Phi) is 7.42. The minimum atomic E-state index is 0.738. The summed E-state index contributed by atoms with van der Waals surface area (Å²) in [5.74, 6) is 0. The van der Waals surface area contributed by atoms with Crippen LogP contribution < -0.4 is 0 Å². The number of unbranched alkanes of at least 4 members (excludes halogenated alkanes) is 1. The summed E-state index contributed by atoms with van der Waals surface area (Å²) < 4.78 is 5.30. The molecule has 82 valence electrons. The van der Waals surface area contributed by atoms with E-state index in [-0.39, 0.29) is 0 Å². The first kappa shape index (κ1) is 12.3. The van der Waals surface area contributed by atoms with Crippen LogP contribution in [0, 0.1) is 0 Å². The van der Waals surface area contributed by atoms with Gasteiger partial charge in [-0.25, -0.2) is 0 Å². The van der Waals surface area contributed by atoms with Gasteiger partial charge in [-0.15, -0.1) is 0 Å². The SMILES string of the molecule is CCCC[Se]/C=C\CN1CCOCC1. The van der Waals surface area contributed by atoms with Crippen molar-refractivity contribution < 1.29 is 4.74 Å². The number of nitrogens with zero attached hydrogens (tertiary/aromatic N) is 1. The summed E-state index contributed by atoms with van der Waals surface area (Å²) in [5, 5.41) is 1.41. The third-order valence-electron chi connectivity index (χ3n) is 2.28. The maximum atomic E-state index is 5.30. The van der Waals surface area contributed by atoms with Crippen molar-refractivity contribution in [1.82, 2.24) is 4.90 Å². The Labute approximate surface area is 93.8 Å². The van der Waals surface area contributed by atoms with E-state index in [2.05, 4.69) is 22.9 Å². The monoisotopic (exact) mass is 263 g/mol. The summed E-state index contributed by atoms with van der Waals surface area (Å²) in [4.78, 5) is 4.84. The van der Waals surface area contributed by atoms with Gasteiger partial charge >= 0.3 is 93.6 Å². The molecule has 0 radical (unpaired) electrons. The normalized spacial score (nSPS) is 19.2. The van der Waals surface area contributed by atoms with E-state index in [0.717, 1.165) is 47.8 Å². The van der Waals surface area contributed by atoms with Crippen LogP contribution in [0.1, 0.15) is 19.8 Å². The molecule has 1 saturated heterocycles. The summed E-state index contributed by atoms with van der Waals surface area (Å²) in [6, 6.07) is 0. The van der Waals surface area contributed by atoms with Gasteiger partial charge in [-0.1, -0.05) is 0 Å². The molecular weight excluding hydrogens is 241 g/mol. The molecule has 1 fully saturated rings. The van der Waals surface area contributed by atoms with Crippen LogP contribution in [-0.2, 0) is 4.74 Å². The molecule has 0 aliphatic carbocycles. The fourth-order valence-electron chi connectivity index (χ4n) is 1.34. The number of hydrogen-bond donors (Lipinski definition) is 0. The molecule has 3 heteroatoms. The molecule has 0 unspecified atom stereocenters. The van der Waals surface area contributed by atoms with Crippen LogP contribution in [0.25, 0.3) is 0 Å². The molecule has 0 aromatic heterocycles. The standard InChI is InChI=1S/C11H21NOSe/c1-2-3-10-14-11-4-5-12-6-8-13-9-7-12/h4,11H,2-3,5-10H2,1H3/b11-4-. The van der Waals surface area contributed by atoms with Gasteiger partial charge in [-0.05, 0) is 0 Å². The van der Waals surface area contributed by atoms with Gasteiger partial charge in [-0.3, -0.25) is 0 Å². The molecule has 0 bridgehead atoms. The van der Waals surface area contributed by atoms with Crippen LogP contribution in [0.5, 0.6) is 0 Å². The average molecular weight is 262 g/mol. The zero-order chi connectivity index (χ0) is 10.1. The van der Waals surface area contributed by atoms with E-state index in [1.165, 1.54) is 18.2 Å². The van der Waals surface area contributed by atoms with Gasteiger partial charge in [0.1, 0.15) is 0 Å². The van der Waals surface area contributed by atoms with Crippen LogP contribution in [-0.4, -0.2) is 52.7 Å². The predicted molar refractivity (Wildman–Crippen MR) is 61.9 cm³/mol. The number of rotatable bonds is 6. The van der Waals surface area contributed by atoms with Gasteiger partial charge in [0.2, 0.25) is 0 Å². The van der Waals surface area contributed by atoms with Gasteiger partial charge in [0, 0.05) is 0 Å². The van der Waals surface area contributed by atoms with Crippen LogP contribution >= 0.6 is 0 Å². The first-order valence-corrected chi connectivity index (χ1v) is 7.70. The Bertz CT molecular complexity index is 155. The Morgan fingerprint density at radius 2 is 2.14 bits per heavy atom. The van der Waals surface area contributed by atoms with Gasteiger partial charge < -0.3 is 0 Å². The Hall–Kier alpha value is 0.179. The molecule has 1 rings (SSSR count). The van der Waals surface area contributed by atoms with E-state index in [9.17, 15) is 0 Å². The van der Waals surface area contributed by atoms with E-state index in [1.807, 2.05) is 0 Å². The fourth-order valence-corrected chi connectivity index (χ4v) is 3.05. The van der Waals surface area contributed by atoms with Crippen molar-refractivity contribution >= 4 is 15.0 Å². The molecule has 14 heavy (non-hydrogen) atoms. The van der Waals surface area contributed by atoms with Gasteiger partial charge in [0.05, 0.1) is 0 Å². The Morgan fingerprint density at radius 3 is 2.86 bits per heavy atom. The molecule has 0 amide bonds. The van der Waals surface area contributed by atoms with Crippen molar-refractivity contribution in [2.45, 2.75) is 25.1 Å². The summed E-state index contributed by atoms with van der Waals surface area (Å²) in [6.07, 6.45) is 5.06. The first-order valence-electron chi connectivity index (χ1n) is 5.50. The molecule has 1 aliphatic heterocycles. The van der Waals surface area contributed by atoms with Gasteiger partial charge in [-0.2, -0.15) is 0 Å². The summed E-state index contributed by atoms with van der Waals surface area (Å²) in [6.45, 7) is 7.41. The summed E-state index contributed by atoms with van der Waals surface area (Å²) >= 11 is 0.738. The third kappa shape index (κ3) is 5.81. The molecule has 0 spiro atoms. The molecule has 1 heterocycles. The van der Waals surface area contributed by atoms with E-state index in [4.69, 9.17) is 4.74 Å². The molecule has 1 aliphatic rings. The molecule has 2 nitrogen and oxygen atoms in total. The van der Waals surface area contributed by atoms with Crippen molar-refractivity contribution in [2.24, 2.45) is 0 Å². The predicted octanol–water partition coefficient (Wildman–Crippen LogP) is 1.75. The third-order valence-corrected chi connectivity index (χ3v) is 4.18. The van der Waals surface area contributed by atoms with E-state index in [1.54, 1.807) is 0 Å². The van der Waals surface area contributed by atoms with Crippen LogP contribution in [0.15, 0.2) is 11.1 Å². The second-order valence-corrected chi connectivity index (χ2v) is 5.64. The molecule has 0 aromatic rings. The van der Waals surface area contributed by atoms with Crippen molar-refractivity contribution in [3.8, 4) is 0 Å². The molecule has 0 aromatic carbocycles. The van der Waals surface area contributed by atoms with Crippen LogP contribution in [0.2, 0.25) is 5.32 Å².